The highest BCUT2D eigenvalue weighted by molar-refractivity contribution is 6.07. The number of carbonyl (C=O) groups excluding carboxylic acids is 1. The molecule has 0 saturated carbocycles. The zero-order valence-corrected chi connectivity index (χ0v) is 16.8. The fourth-order valence-electron chi connectivity index (χ4n) is 3.78. The monoisotopic (exact) mass is 385 g/mol. The summed E-state index contributed by atoms with van der Waals surface area (Å²) in [5.41, 5.74) is 2.58. The summed E-state index contributed by atoms with van der Waals surface area (Å²) in [5.74, 6) is 4.34. The molecule has 0 atom stereocenters. The summed E-state index contributed by atoms with van der Waals surface area (Å²) in [7, 11) is 0. The van der Waals surface area contributed by atoms with Crippen LogP contribution in [-0.4, -0.2) is 17.1 Å². The number of fused-ring (bicyclic) bond motifs is 3. The van der Waals surface area contributed by atoms with Gasteiger partial charge in [-0.15, -0.1) is 24.7 Å². The number of terminal acetylenes is 2. The van der Waals surface area contributed by atoms with E-state index < -0.39 is 0 Å². The fourth-order valence-corrected chi connectivity index (χ4v) is 3.78. The Bertz CT molecular complexity index is 979. The molecule has 0 N–H and O–H groups in total. The number of aromatic nitrogens is 1. The fraction of sp³-hybridized carbons (Fsp3) is 0.346. The normalized spacial score (nSPS) is 10.9. The quantitative estimate of drug-likeness (QED) is 0.260. The summed E-state index contributed by atoms with van der Waals surface area (Å²) in [6, 6.07) is 17.2. The van der Waals surface area contributed by atoms with Crippen LogP contribution in [-0.2, 0) is 16.1 Å². The van der Waals surface area contributed by atoms with Gasteiger partial charge in [-0.25, -0.2) is 0 Å². The van der Waals surface area contributed by atoms with Crippen molar-refractivity contribution in [1.82, 2.24) is 4.57 Å². The molecule has 3 nitrogen and oxygen atoms in total. The number of hydrogen-bond acceptors (Lipinski definition) is 2. The Morgan fingerprint density at radius 3 is 2.00 bits per heavy atom. The number of benzene rings is 2. The molecule has 0 bridgehead atoms. The van der Waals surface area contributed by atoms with Crippen LogP contribution in [0, 0.1) is 30.6 Å². The van der Waals surface area contributed by atoms with Crippen LogP contribution in [0.25, 0.3) is 21.8 Å². The highest BCUT2D eigenvalue weighted by Gasteiger charge is 2.17. The lowest BCUT2D eigenvalue weighted by Gasteiger charge is -2.11. The van der Waals surface area contributed by atoms with Crippen molar-refractivity contribution in [1.29, 1.82) is 0 Å². The number of nitrogens with zero attached hydrogens (tertiary/aromatic N) is 1. The SMILES string of the molecule is C#CCC(CC#C)C(=O)OCCCCCCn1c2ccccc2c2ccccc21. The van der Waals surface area contributed by atoms with E-state index in [9.17, 15) is 4.79 Å². The molecule has 1 aromatic heterocycles. The predicted octanol–water partition coefficient (Wildman–Crippen LogP) is 5.56. The van der Waals surface area contributed by atoms with Gasteiger partial charge in [0.15, 0.2) is 0 Å². The van der Waals surface area contributed by atoms with Crippen molar-refractivity contribution >= 4 is 27.8 Å². The third-order valence-electron chi connectivity index (χ3n) is 5.26. The first kappa shape index (κ1) is 20.6. The van der Waals surface area contributed by atoms with E-state index in [0.29, 0.717) is 19.4 Å². The van der Waals surface area contributed by atoms with Crippen molar-refractivity contribution in [3.05, 3.63) is 48.5 Å². The van der Waals surface area contributed by atoms with Gasteiger partial charge in [-0.2, -0.15) is 0 Å². The maximum atomic E-state index is 12.0. The van der Waals surface area contributed by atoms with Gasteiger partial charge in [-0.05, 0) is 31.4 Å². The second kappa shape index (κ2) is 10.4. The lowest BCUT2D eigenvalue weighted by Crippen LogP contribution is -2.17. The largest absolute Gasteiger partial charge is 0.465 e. The Labute approximate surface area is 173 Å². The third kappa shape index (κ3) is 5.01. The maximum absolute atomic E-state index is 12.0. The predicted molar refractivity (Wildman–Crippen MR) is 119 cm³/mol. The molecule has 0 amide bonds. The lowest BCUT2D eigenvalue weighted by molar-refractivity contribution is -0.148. The number of carbonyl (C=O) groups is 1. The molecule has 1 heterocycles. The van der Waals surface area contributed by atoms with Crippen molar-refractivity contribution in [2.45, 2.75) is 45.1 Å². The first-order valence-corrected chi connectivity index (χ1v) is 10.3. The molecular formula is C26H27NO2. The van der Waals surface area contributed by atoms with Crippen molar-refractivity contribution in [2.75, 3.05) is 6.61 Å². The molecule has 0 unspecified atom stereocenters. The van der Waals surface area contributed by atoms with E-state index in [4.69, 9.17) is 17.6 Å². The summed E-state index contributed by atoms with van der Waals surface area (Å²) in [5, 5.41) is 2.62. The Hall–Kier alpha value is -3.17. The molecule has 0 spiro atoms. The minimum Gasteiger partial charge on any atom is -0.465 e. The van der Waals surface area contributed by atoms with Gasteiger partial charge in [0, 0.05) is 41.2 Å². The molecule has 0 fully saturated rings. The molecule has 2 aromatic carbocycles. The third-order valence-corrected chi connectivity index (χ3v) is 5.26. The van der Waals surface area contributed by atoms with E-state index in [2.05, 4.69) is 64.9 Å². The van der Waals surface area contributed by atoms with Crippen LogP contribution in [0.4, 0.5) is 0 Å². The van der Waals surface area contributed by atoms with Crippen molar-refractivity contribution in [3.63, 3.8) is 0 Å². The molecule has 0 aliphatic carbocycles. The summed E-state index contributed by atoms with van der Waals surface area (Å²) < 4.78 is 7.75. The highest BCUT2D eigenvalue weighted by Crippen LogP contribution is 2.29. The average Bonchev–Trinajstić information content (AvgIpc) is 3.07. The number of rotatable bonds is 10. The van der Waals surface area contributed by atoms with E-state index in [1.54, 1.807) is 0 Å². The van der Waals surface area contributed by atoms with Crippen LogP contribution in [0.15, 0.2) is 48.5 Å². The van der Waals surface area contributed by atoms with Crippen LogP contribution in [0.3, 0.4) is 0 Å². The van der Waals surface area contributed by atoms with Gasteiger partial charge in [-0.1, -0.05) is 42.8 Å². The number of para-hydroxylation sites is 2. The summed E-state index contributed by atoms with van der Waals surface area (Å²) in [4.78, 5) is 12.0. The smallest absolute Gasteiger partial charge is 0.310 e. The maximum Gasteiger partial charge on any atom is 0.310 e. The average molecular weight is 386 g/mol. The number of ether oxygens (including phenoxy) is 1. The molecule has 29 heavy (non-hydrogen) atoms. The minimum absolute atomic E-state index is 0.272. The van der Waals surface area contributed by atoms with Gasteiger partial charge in [0.05, 0.1) is 12.5 Å². The first-order valence-electron chi connectivity index (χ1n) is 10.3. The van der Waals surface area contributed by atoms with Gasteiger partial charge < -0.3 is 9.30 Å². The highest BCUT2D eigenvalue weighted by atomic mass is 16.5. The van der Waals surface area contributed by atoms with E-state index in [1.807, 2.05) is 0 Å². The van der Waals surface area contributed by atoms with Crippen LogP contribution >= 0.6 is 0 Å². The molecule has 0 radical (unpaired) electrons. The van der Waals surface area contributed by atoms with Crippen molar-refractivity contribution in [2.24, 2.45) is 5.92 Å². The molecule has 3 aromatic rings. The molecule has 0 aliphatic rings. The number of esters is 1. The van der Waals surface area contributed by atoms with Crippen LogP contribution in [0.1, 0.15) is 38.5 Å². The van der Waals surface area contributed by atoms with Gasteiger partial charge in [0.1, 0.15) is 0 Å². The second-order valence-corrected chi connectivity index (χ2v) is 7.28. The Morgan fingerprint density at radius 1 is 0.862 bits per heavy atom. The van der Waals surface area contributed by atoms with Gasteiger partial charge in [0.25, 0.3) is 0 Å². The molecule has 148 valence electrons. The van der Waals surface area contributed by atoms with Crippen LogP contribution in [0.2, 0.25) is 0 Å². The molecule has 3 heteroatoms. The minimum atomic E-state index is -0.375. The lowest BCUT2D eigenvalue weighted by atomic mass is 10.0. The molecule has 0 saturated heterocycles. The van der Waals surface area contributed by atoms with Gasteiger partial charge >= 0.3 is 5.97 Å². The first-order chi connectivity index (χ1) is 14.3. The zero-order chi connectivity index (χ0) is 20.5. The van der Waals surface area contributed by atoms with Crippen molar-refractivity contribution < 1.29 is 9.53 Å². The molecular weight excluding hydrogens is 358 g/mol. The summed E-state index contributed by atoms with van der Waals surface area (Å²) in [6.07, 6.45) is 15.3. The number of unbranched alkanes of at least 4 members (excludes halogenated alkanes) is 3. The van der Waals surface area contributed by atoms with Crippen molar-refractivity contribution in [3.8, 4) is 24.7 Å². The number of aryl methyl sites for hydroxylation is 1. The summed E-state index contributed by atoms with van der Waals surface area (Å²) in [6.45, 7) is 1.42. The van der Waals surface area contributed by atoms with E-state index >= 15 is 0 Å². The Kier molecular flexibility index (Phi) is 7.37. The van der Waals surface area contributed by atoms with E-state index in [0.717, 1.165) is 32.2 Å². The van der Waals surface area contributed by atoms with Gasteiger partial charge in [0.2, 0.25) is 0 Å². The summed E-state index contributed by atoms with van der Waals surface area (Å²) >= 11 is 0. The van der Waals surface area contributed by atoms with Crippen LogP contribution in [0.5, 0.6) is 0 Å². The van der Waals surface area contributed by atoms with E-state index in [-0.39, 0.29) is 11.9 Å². The number of hydrogen-bond donors (Lipinski definition) is 0. The topological polar surface area (TPSA) is 31.2 Å². The van der Waals surface area contributed by atoms with E-state index in [1.165, 1.54) is 21.8 Å². The molecule has 3 rings (SSSR count). The second-order valence-electron chi connectivity index (χ2n) is 7.28. The molecule has 0 aliphatic heterocycles. The standard InChI is InChI=1S/C26H27NO2/c1-3-13-21(14-4-2)26(28)29-20-12-6-5-11-19-27-24-17-9-7-15-22(24)23-16-8-10-18-25(23)27/h1-2,7-10,15-18,21H,5-6,11-14,19-20H2. The Balaban J connectivity index is 1.45. The van der Waals surface area contributed by atoms with Crippen LogP contribution < -0.4 is 0 Å². The Morgan fingerprint density at radius 2 is 1.41 bits per heavy atom. The van der Waals surface area contributed by atoms with Gasteiger partial charge in [-0.3, -0.25) is 4.79 Å². The zero-order valence-electron chi connectivity index (χ0n) is 16.8.